The summed E-state index contributed by atoms with van der Waals surface area (Å²) in [5, 5.41) is 49.4. The van der Waals surface area contributed by atoms with Gasteiger partial charge in [-0.05, 0) is 12.1 Å². The molecular weight excluding hydrogens is 488 g/mol. The van der Waals surface area contributed by atoms with E-state index in [1.54, 1.807) is 0 Å². The fourth-order valence-corrected chi connectivity index (χ4v) is 4.56. The van der Waals surface area contributed by atoms with E-state index in [4.69, 9.17) is 24.5 Å². The number of thiazole rings is 1. The fourth-order valence-electron chi connectivity index (χ4n) is 3.59. The lowest BCUT2D eigenvalue weighted by atomic mass is 10.0. The van der Waals surface area contributed by atoms with Crippen LogP contribution < -0.4 is 10.1 Å². The fraction of sp³-hybridized carbons (Fsp3) is 0.375. The maximum atomic E-state index is 11.1. The molecule has 2 aromatic carbocycles. The molecule has 12 heteroatoms. The molecule has 1 aliphatic heterocycles. The van der Waals surface area contributed by atoms with E-state index in [1.807, 2.05) is 66.2 Å². The molecule has 1 aliphatic rings. The summed E-state index contributed by atoms with van der Waals surface area (Å²) >= 11 is 1.49. The van der Waals surface area contributed by atoms with Crippen molar-refractivity contribution in [1.29, 1.82) is 0 Å². The highest BCUT2D eigenvalue weighted by Crippen LogP contribution is 2.28. The summed E-state index contributed by atoms with van der Waals surface area (Å²) in [6.45, 7) is 0.203. The number of ether oxygens (including phenoxy) is 2. The van der Waals surface area contributed by atoms with Crippen LogP contribution in [0.2, 0.25) is 0 Å². The van der Waals surface area contributed by atoms with Crippen molar-refractivity contribution in [3.63, 3.8) is 0 Å². The van der Waals surface area contributed by atoms with Crippen molar-refractivity contribution < 1.29 is 34.7 Å². The first kappa shape index (κ1) is 27.6. The van der Waals surface area contributed by atoms with Crippen molar-refractivity contribution in [3.8, 4) is 0 Å². The monoisotopic (exact) mass is 518 g/mol. The maximum absolute atomic E-state index is 11.1. The number of fused-ring (bicyclic) bond motifs is 1. The number of aliphatic hydroxyl groups excluding tert-OH is 3. The van der Waals surface area contributed by atoms with Crippen molar-refractivity contribution >= 4 is 33.7 Å². The van der Waals surface area contributed by atoms with Crippen LogP contribution in [0.4, 0.5) is 0 Å². The summed E-state index contributed by atoms with van der Waals surface area (Å²) in [6.07, 6.45) is -3.93. The predicted molar refractivity (Wildman–Crippen MR) is 134 cm³/mol. The summed E-state index contributed by atoms with van der Waals surface area (Å²) in [5.74, 6) is 0. The standard InChI is InChI=1S/C23H28N4O5S.CH2O2/c1-27-17-9-5-6-10-19(17)33-23(27)26-25-16(13-24-11-12-28)20(30)21-18(29)14-31-22(32-21)15-7-3-2-4-8-15;2-1-3/h2-10,18,20-22,24,28-30H,11-14H2,1H3;1H,(H,2,3)/b25-16-,26-23+;/t18-,20-,21-,22?;/m1./s1. The molecule has 4 rings (SSSR count). The molecule has 11 nitrogen and oxygen atoms in total. The van der Waals surface area contributed by atoms with Crippen LogP contribution in [0.3, 0.4) is 0 Å². The lowest BCUT2D eigenvalue weighted by Crippen LogP contribution is -2.52. The van der Waals surface area contributed by atoms with E-state index in [9.17, 15) is 10.2 Å². The number of nitrogens with zero attached hydrogens (tertiary/aromatic N) is 3. The van der Waals surface area contributed by atoms with Crippen molar-refractivity contribution in [2.24, 2.45) is 17.3 Å². The summed E-state index contributed by atoms with van der Waals surface area (Å²) in [6, 6.07) is 17.3. The van der Waals surface area contributed by atoms with Crippen LogP contribution in [-0.2, 0) is 21.3 Å². The van der Waals surface area contributed by atoms with Gasteiger partial charge in [-0.3, -0.25) is 4.79 Å². The zero-order valence-corrected chi connectivity index (χ0v) is 20.5. The third kappa shape index (κ3) is 7.04. The van der Waals surface area contributed by atoms with E-state index >= 15 is 0 Å². The Bertz CT molecular complexity index is 1200. The highest BCUT2D eigenvalue weighted by molar-refractivity contribution is 7.16. The Hall–Kier alpha value is -2.97. The predicted octanol–water partition coefficient (Wildman–Crippen LogP) is 0.615. The molecule has 0 bridgehead atoms. The molecule has 194 valence electrons. The van der Waals surface area contributed by atoms with Gasteiger partial charge in [0.25, 0.3) is 6.47 Å². The highest BCUT2D eigenvalue weighted by atomic mass is 32.1. The molecule has 0 saturated carbocycles. The lowest BCUT2D eigenvalue weighted by Gasteiger charge is -2.36. The van der Waals surface area contributed by atoms with Gasteiger partial charge in [-0.25, -0.2) is 0 Å². The summed E-state index contributed by atoms with van der Waals surface area (Å²) in [7, 11) is 1.91. The number of aromatic nitrogens is 1. The van der Waals surface area contributed by atoms with Crippen LogP contribution in [0.1, 0.15) is 11.9 Å². The van der Waals surface area contributed by atoms with Gasteiger partial charge in [0.2, 0.25) is 4.80 Å². The van der Waals surface area contributed by atoms with Crippen LogP contribution in [0.15, 0.2) is 64.8 Å². The van der Waals surface area contributed by atoms with Gasteiger partial charge in [0.1, 0.15) is 18.3 Å². The summed E-state index contributed by atoms with van der Waals surface area (Å²) in [5.41, 5.74) is 2.12. The number of rotatable bonds is 8. The van der Waals surface area contributed by atoms with E-state index in [0.29, 0.717) is 17.1 Å². The number of hydrogen-bond donors (Lipinski definition) is 5. The largest absolute Gasteiger partial charge is 0.483 e. The van der Waals surface area contributed by atoms with Crippen molar-refractivity contribution in [2.45, 2.75) is 24.6 Å². The second kappa shape index (κ2) is 13.9. The van der Waals surface area contributed by atoms with E-state index < -0.39 is 24.6 Å². The van der Waals surface area contributed by atoms with Crippen molar-refractivity contribution in [1.82, 2.24) is 9.88 Å². The Morgan fingerprint density at radius 3 is 2.64 bits per heavy atom. The topological polar surface area (TPSA) is 158 Å². The molecule has 5 N–H and O–H groups in total. The normalized spacial score (nSPS) is 21.6. The van der Waals surface area contributed by atoms with Crippen LogP contribution in [0.25, 0.3) is 10.2 Å². The molecule has 4 atom stereocenters. The van der Waals surface area contributed by atoms with Crippen LogP contribution in [0.5, 0.6) is 0 Å². The molecular formula is C24H30N4O7S. The van der Waals surface area contributed by atoms with Crippen LogP contribution >= 0.6 is 11.3 Å². The van der Waals surface area contributed by atoms with Crippen molar-refractivity contribution in [3.05, 3.63) is 65.0 Å². The number of aliphatic hydroxyl groups is 3. The molecule has 1 unspecified atom stereocenters. The van der Waals surface area contributed by atoms with E-state index in [1.165, 1.54) is 11.3 Å². The third-order valence-corrected chi connectivity index (χ3v) is 6.48. The highest BCUT2D eigenvalue weighted by Gasteiger charge is 2.38. The minimum Gasteiger partial charge on any atom is -0.483 e. The molecule has 0 spiro atoms. The minimum atomic E-state index is -1.23. The number of nitrogens with one attached hydrogen (secondary N) is 1. The Labute approximate surface area is 211 Å². The number of aryl methyl sites for hydroxylation is 1. The quantitative estimate of drug-likeness (QED) is 0.126. The zero-order chi connectivity index (χ0) is 25.9. The molecule has 1 fully saturated rings. The first-order chi connectivity index (χ1) is 17.5. The average molecular weight is 519 g/mol. The van der Waals surface area contributed by atoms with Crippen LogP contribution in [0, 0.1) is 0 Å². The first-order valence-corrected chi connectivity index (χ1v) is 12.0. The van der Waals surface area contributed by atoms with Gasteiger partial charge in [-0.1, -0.05) is 53.8 Å². The van der Waals surface area contributed by atoms with Gasteiger partial charge in [0, 0.05) is 25.7 Å². The number of hydrogen-bond acceptors (Lipinski definition) is 10. The van der Waals surface area contributed by atoms with Gasteiger partial charge in [0.15, 0.2) is 6.29 Å². The summed E-state index contributed by atoms with van der Waals surface area (Å²) < 4.78 is 14.6. The Morgan fingerprint density at radius 2 is 1.94 bits per heavy atom. The summed E-state index contributed by atoms with van der Waals surface area (Å²) in [4.78, 5) is 9.03. The minimum absolute atomic E-state index is 0.0149. The molecule has 0 amide bonds. The average Bonchev–Trinajstić information content (AvgIpc) is 3.22. The SMILES string of the molecule is Cn1/c(=N\N=C(\CNCCO)[C@@H](O)[C@@H]2OC(c3ccccc3)OC[C@H]2O)sc2ccccc21.O=CO. The Morgan fingerprint density at radius 1 is 1.25 bits per heavy atom. The Kier molecular flexibility index (Phi) is 10.7. The number of carboxylic acid groups (broad SMARTS) is 1. The second-order valence-electron chi connectivity index (χ2n) is 7.80. The second-order valence-corrected chi connectivity index (χ2v) is 8.81. The number of benzene rings is 2. The Balaban J connectivity index is 0.00000115. The van der Waals surface area contributed by atoms with Gasteiger partial charge >= 0.3 is 0 Å². The van der Waals surface area contributed by atoms with Crippen LogP contribution in [-0.4, -0.2) is 81.8 Å². The number of para-hydroxylation sites is 1. The van der Waals surface area contributed by atoms with Crippen molar-refractivity contribution in [2.75, 3.05) is 26.3 Å². The van der Waals surface area contributed by atoms with E-state index in [-0.39, 0.29) is 26.2 Å². The van der Waals surface area contributed by atoms with Gasteiger partial charge < -0.3 is 39.8 Å². The molecule has 0 aliphatic carbocycles. The smallest absolute Gasteiger partial charge is 0.290 e. The zero-order valence-electron chi connectivity index (χ0n) is 19.7. The van der Waals surface area contributed by atoms with E-state index in [0.717, 1.165) is 15.8 Å². The maximum Gasteiger partial charge on any atom is 0.290 e. The molecule has 2 heterocycles. The third-order valence-electron chi connectivity index (χ3n) is 5.38. The van der Waals surface area contributed by atoms with Gasteiger partial charge in [-0.2, -0.15) is 5.10 Å². The number of carbonyl (C=O) groups is 1. The lowest BCUT2D eigenvalue weighted by molar-refractivity contribution is -0.269. The van der Waals surface area contributed by atoms with E-state index in [2.05, 4.69) is 15.5 Å². The molecule has 0 radical (unpaired) electrons. The molecule has 1 aromatic heterocycles. The van der Waals surface area contributed by atoms with Gasteiger partial charge in [-0.15, -0.1) is 5.10 Å². The molecule has 1 saturated heterocycles. The molecule has 3 aromatic rings. The molecule has 36 heavy (non-hydrogen) atoms. The first-order valence-electron chi connectivity index (χ1n) is 11.2. The van der Waals surface area contributed by atoms with Gasteiger partial charge in [0.05, 0.1) is 29.1 Å².